The van der Waals surface area contributed by atoms with Crippen molar-refractivity contribution in [2.45, 2.75) is 45.7 Å². The van der Waals surface area contributed by atoms with Gasteiger partial charge in [-0.3, -0.25) is 4.79 Å². The molecular formula is C19H27N2OS+. The number of likely N-dealkylation sites (N-methyl/N-ethyl adjacent to an activating group) is 1. The summed E-state index contributed by atoms with van der Waals surface area (Å²) >= 11 is 1.74. The number of carbonyl (C=O) groups is 1. The number of benzene rings is 1. The van der Waals surface area contributed by atoms with E-state index in [0.717, 1.165) is 12.8 Å². The highest BCUT2D eigenvalue weighted by atomic mass is 32.1. The smallest absolute Gasteiger partial charge is 0.277 e. The zero-order valence-electron chi connectivity index (χ0n) is 14.2. The maximum Gasteiger partial charge on any atom is 0.277 e. The molecule has 3 nitrogen and oxygen atoms in total. The summed E-state index contributed by atoms with van der Waals surface area (Å²) in [6.45, 7) is 6.79. The first-order valence-corrected chi connectivity index (χ1v) is 9.28. The van der Waals surface area contributed by atoms with Crippen molar-refractivity contribution < 1.29 is 10.1 Å². The molecule has 0 aliphatic carbocycles. The van der Waals surface area contributed by atoms with Crippen LogP contribution in [0, 0.1) is 0 Å². The largest absolute Gasteiger partial charge is 0.351 e. The van der Waals surface area contributed by atoms with E-state index in [2.05, 4.69) is 59.3 Å². The molecule has 0 aliphatic heterocycles. The number of hydrogen-bond acceptors (Lipinski definition) is 2. The van der Waals surface area contributed by atoms with Crippen molar-refractivity contribution >= 4 is 17.2 Å². The zero-order valence-corrected chi connectivity index (χ0v) is 15.0. The lowest BCUT2D eigenvalue weighted by molar-refractivity contribution is -0.704. The van der Waals surface area contributed by atoms with Crippen LogP contribution in [-0.2, 0) is 11.2 Å². The Bertz CT molecular complexity index is 592. The quantitative estimate of drug-likeness (QED) is 0.767. The number of quaternary nitrogens is 1. The summed E-state index contributed by atoms with van der Waals surface area (Å²) in [5.41, 5.74) is 2.63. The second kappa shape index (κ2) is 8.85. The van der Waals surface area contributed by atoms with Gasteiger partial charge >= 0.3 is 0 Å². The molecular weight excluding hydrogens is 304 g/mol. The van der Waals surface area contributed by atoms with E-state index in [1.807, 2.05) is 13.8 Å². The maximum atomic E-state index is 12.1. The van der Waals surface area contributed by atoms with Crippen LogP contribution in [-0.4, -0.2) is 18.5 Å². The molecule has 0 radical (unpaired) electrons. The van der Waals surface area contributed by atoms with Crippen molar-refractivity contribution in [2.24, 2.45) is 0 Å². The molecule has 2 rings (SSSR count). The van der Waals surface area contributed by atoms with Gasteiger partial charge in [-0.1, -0.05) is 43.7 Å². The number of nitrogens with one attached hydrogen (secondary N) is 1. The molecule has 0 spiro atoms. The lowest BCUT2D eigenvalue weighted by atomic mass is 10.0. The van der Waals surface area contributed by atoms with Gasteiger partial charge in [0.25, 0.3) is 5.91 Å². The van der Waals surface area contributed by atoms with E-state index < -0.39 is 0 Å². The molecule has 0 saturated heterocycles. The summed E-state index contributed by atoms with van der Waals surface area (Å²) in [5, 5.41) is 7.16. The van der Waals surface area contributed by atoms with Crippen LogP contribution in [0.15, 0.2) is 41.8 Å². The normalized spacial score (nSPS) is 13.5. The van der Waals surface area contributed by atoms with Gasteiger partial charge in [0.05, 0.1) is 4.88 Å². The fourth-order valence-corrected chi connectivity index (χ4v) is 3.56. The Balaban J connectivity index is 2.19. The van der Waals surface area contributed by atoms with Gasteiger partial charge in [-0.15, -0.1) is 11.3 Å². The van der Waals surface area contributed by atoms with E-state index in [1.54, 1.807) is 11.3 Å². The van der Waals surface area contributed by atoms with Crippen molar-refractivity contribution in [1.29, 1.82) is 0 Å². The van der Waals surface area contributed by atoms with Crippen molar-refractivity contribution in [1.82, 2.24) is 5.32 Å². The minimum absolute atomic E-state index is 0.0941. The van der Waals surface area contributed by atoms with E-state index >= 15 is 0 Å². The van der Waals surface area contributed by atoms with Crippen LogP contribution >= 0.6 is 11.3 Å². The van der Waals surface area contributed by atoms with E-state index in [4.69, 9.17) is 0 Å². The second-order valence-corrected chi connectivity index (χ2v) is 6.84. The first kappa shape index (κ1) is 17.7. The lowest BCUT2D eigenvalue weighted by Crippen LogP contribution is -2.92. The topological polar surface area (TPSA) is 45.7 Å². The fraction of sp³-hybridized carbons (Fsp3) is 0.421. The van der Waals surface area contributed by atoms with Crippen LogP contribution in [0.4, 0.5) is 0 Å². The third-order valence-electron chi connectivity index (χ3n) is 3.97. The molecule has 1 aromatic carbocycles. The summed E-state index contributed by atoms with van der Waals surface area (Å²) < 4.78 is 0. The number of hydrogen-bond donors (Lipinski definition) is 2. The van der Waals surface area contributed by atoms with E-state index in [1.165, 1.54) is 16.0 Å². The molecule has 0 saturated carbocycles. The van der Waals surface area contributed by atoms with Gasteiger partial charge in [0.2, 0.25) is 0 Å². The number of thiophene rings is 1. The summed E-state index contributed by atoms with van der Waals surface area (Å²) in [6, 6.07) is 13.1. The predicted molar refractivity (Wildman–Crippen MR) is 96.7 cm³/mol. The molecule has 0 fully saturated rings. The Morgan fingerprint density at radius 2 is 1.96 bits per heavy atom. The standard InChI is InChI=1S/C19H26N2OS/c1-4-7-15-9-11-16(12-10-15)18(17-8-6-13-23-17)21-14(3)19(22)20-5-2/h6,8-14,18,21H,4-5,7H2,1-3H3,(H,20,22)/p+1/t14-,18+/m0/s1. The number of carbonyl (C=O) groups excluding carboxylic acids is 1. The van der Waals surface area contributed by atoms with Crippen molar-refractivity contribution in [3.05, 3.63) is 57.8 Å². The van der Waals surface area contributed by atoms with Gasteiger partial charge in [-0.05, 0) is 37.3 Å². The monoisotopic (exact) mass is 331 g/mol. The van der Waals surface area contributed by atoms with Crippen molar-refractivity contribution in [3.63, 3.8) is 0 Å². The highest BCUT2D eigenvalue weighted by Gasteiger charge is 2.25. The molecule has 2 aromatic rings. The minimum Gasteiger partial charge on any atom is -0.351 e. The molecule has 3 N–H and O–H groups in total. The third kappa shape index (κ3) is 4.91. The SMILES string of the molecule is CCCc1ccc([C@@H]([NH2+][C@@H](C)C(=O)NCC)c2cccs2)cc1. The molecule has 1 aromatic heterocycles. The average molecular weight is 332 g/mol. The fourth-order valence-electron chi connectivity index (χ4n) is 2.73. The highest BCUT2D eigenvalue weighted by molar-refractivity contribution is 7.10. The zero-order chi connectivity index (χ0) is 16.7. The molecule has 1 heterocycles. The van der Waals surface area contributed by atoms with Gasteiger partial charge in [0.1, 0.15) is 6.04 Å². The van der Waals surface area contributed by atoms with Gasteiger partial charge < -0.3 is 10.6 Å². The van der Waals surface area contributed by atoms with Crippen LogP contribution in [0.5, 0.6) is 0 Å². The summed E-state index contributed by atoms with van der Waals surface area (Å²) in [7, 11) is 0. The Labute approximate surface area is 143 Å². The molecule has 0 aliphatic rings. The van der Waals surface area contributed by atoms with Gasteiger partial charge in [-0.2, -0.15) is 0 Å². The van der Waals surface area contributed by atoms with Gasteiger partial charge in [0.15, 0.2) is 6.04 Å². The number of nitrogens with two attached hydrogens (primary N) is 1. The maximum absolute atomic E-state index is 12.1. The lowest BCUT2D eigenvalue weighted by Gasteiger charge is -2.19. The first-order valence-electron chi connectivity index (χ1n) is 8.40. The van der Waals surface area contributed by atoms with Gasteiger partial charge in [0, 0.05) is 12.1 Å². The van der Waals surface area contributed by atoms with E-state index in [9.17, 15) is 4.79 Å². The summed E-state index contributed by atoms with van der Waals surface area (Å²) in [5.74, 6) is 0.0941. The predicted octanol–water partition coefficient (Wildman–Crippen LogP) is 2.88. The molecule has 1 amide bonds. The summed E-state index contributed by atoms with van der Waals surface area (Å²) in [4.78, 5) is 13.4. The Morgan fingerprint density at radius 3 is 2.52 bits per heavy atom. The number of rotatable bonds is 8. The van der Waals surface area contributed by atoms with Crippen LogP contribution in [0.2, 0.25) is 0 Å². The van der Waals surface area contributed by atoms with Crippen molar-refractivity contribution in [2.75, 3.05) is 6.54 Å². The Hall–Kier alpha value is -1.65. The number of aryl methyl sites for hydroxylation is 1. The molecule has 2 atom stereocenters. The second-order valence-electron chi connectivity index (χ2n) is 5.86. The molecule has 0 unspecified atom stereocenters. The third-order valence-corrected chi connectivity index (χ3v) is 4.93. The number of amides is 1. The molecule has 0 bridgehead atoms. The highest BCUT2D eigenvalue weighted by Crippen LogP contribution is 2.23. The minimum atomic E-state index is -0.114. The molecule has 4 heteroatoms. The van der Waals surface area contributed by atoms with Gasteiger partial charge in [-0.25, -0.2) is 0 Å². The Kier molecular flexibility index (Phi) is 6.81. The van der Waals surface area contributed by atoms with Crippen LogP contribution < -0.4 is 10.6 Å². The first-order chi connectivity index (χ1) is 11.2. The van der Waals surface area contributed by atoms with E-state index in [0.29, 0.717) is 6.54 Å². The molecule has 23 heavy (non-hydrogen) atoms. The molecule has 124 valence electrons. The summed E-state index contributed by atoms with van der Waals surface area (Å²) in [6.07, 6.45) is 2.27. The van der Waals surface area contributed by atoms with Crippen LogP contribution in [0.25, 0.3) is 0 Å². The van der Waals surface area contributed by atoms with Crippen LogP contribution in [0.1, 0.15) is 49.2 Å². The van der Waals surface area contributed by atoms with Crippen molar-refractivity contribution in [3.8, 4) is 0 Å². The van der Waals surface area contributed by atoms with E-state index in [-0.39, 0.29) is 18.0 Å². The Morgan fingerprint density at radius 1 is 1.22 bits per heavy atom. The average Bonchev–Trinajstić information content (AvgIpc) is 3.08. The van der Waals surface area contributed by atoms with Crippen LogP contribution in [0.3, 0.4) is 0 Å².